The van der Waals surface area contributed by atoms with Crippen LogP contribution in [0.5, 0.6) is 0 Å². The third-order valence-corrected chi connectivity index (χ3v) is 4.98. The van der Waals surface area contributed by atoms with Crippen molar-refractivity contribution in [2.75, 3.05) is 13.1 Å². The van der Waals surface area contributed by atoms with E-state index < -0.39 is 0 Å². The minimum Gasteiger partial charge on any atom is -0.372 e. The number of nitrogens with one attached hydrogen (secondary N) is 2. The van der Waals surface area contributed by atoms with Crippen LogP contribution in [0, 0.1) is 0 Å². The van der Waals surface area contributed by atoms with Crippen molar-refractivity contribution in [3.8, 4) is 0 Å². The number of rotatable bonds is 8. The van der Waals surface area contributed by atoms with Gasteiger partial charge in [0.15, 0.2) is 0 Å². The number of ether oxygens (including phenoxy) is 1. The molecule has 6 heteroatoms. The number of hydrogen-bond donors (Lipinski definition) is 2. The third kappa shape index (κ3) is 7.15. The Morgan fingerprint density at radius 2 is 1.79 bits per heavy atom. The van der Waals surface area contributed by atoms with Gasteiger partial charge in [0.05, 0.1) is 12.2 Å². The summed E-state index contributed by atoms with van der Waals surface area (Å²) in [6, 6.07) is 7.47. The molecule has 0 aliphatic carbocycles. The van der Waals surface area contributed by atoms with Crippen molar-refractivity contribution >= 4 is 11.9 Å². The van der Waals surface area contributed by atoms with E-state index in [0.29, 0.717) is 25.2 Å². The van der Waals surface area contributed by atoms with E-state index in [9.17, 15) is 9.59 Å². The number of unbranched alkanes of at least 4 members (excludes halogenated alkanes) is 2. The van der Waals surface area contributed by atoms with Crippen LogP contribution in [0.4, 0.5) is 4.79 Å². The molecule has 1 aromatic rings. The number of carbonyl (C=O) groups excluding carboxylic acids is 2. The van der Waals surface area contributed by atoms with E-state index in [1.807, 2.05) is 49.9 Å². The molecule has 1 fully saturated rings. The molecule has 0 spiro atoms. The molecule has 2 rings (SSSR count). The van der Waals surface area contributed by atoms with Gasteiger partial charge in [0.2, 0.25) is 0 Å². The van der Waals surface area contributed by atoms with Crippen molar-refractivity contribution in [1.82, 2.24) is 15.5 Å². The normalized spacial score (nSPS) is 20.5. The Morgan fingerprint density at radius 3 is 2.39 bits per heavy atom. The molecule has 6 nitrogen and oxygen atoms in total. The molecule has 28 heavy (non-hydrogen) atoms. The molecular formula is C22H35N3O3. The lowest BCUT2D eigenvalue weighted by atomic mass is 10.1. The molecule has 3 unspecified atom stereocenters. The summed E-state index contributed by atoms with van der Waals surface area (Å²) in [5.74, 6) is 0.0279. The third-order valence-electron chi connectivity index (χ3n) is 4.98. The fourth-order valence-corrected chi connectivity index (χ4v) is 3.52. The summed E-state index contributed by atoms with van der Waals surface area (Å²) in [6.45, 7) is 9.84. The van der Waals surface area contributed by atoms with Crippen LogP contribution in [-0.2, 0) is 11.3 Å². The zero-order valence-corrected chi connectivity index (χ0v) is 17.7. The summed E-state index contributed by atoms with van der Waals surface area (Å²) in [6.07, 6.45) is 4.62. The number of hydrogen-bond acceptors (Lipinski definition) is 3. The number of benzene rings is 1. The molecule has 1 aromatic carbocycles. The van der Waals surface area contributed by atoms with Crippen LogP contribution in [-0.4, -0.2) is 48.2 Å². The van der Waals surface area contributed by atoms with Crippen LogP contribution < -0.4 is 10.6 Å². The predicted octanol–water partition coefficient (Wildman–Crippen LogP) is 3.70. The molecule has 2 N–H and O–H groups in total. The van der Waals surface area contributed by atoms with E-state index in [2.05, 4.69) is 17.6 Å². The largest absolute Gasteiger partial charge is 0.372 e. The Balaban J connectivity index is 1.79. The van der Waals surface area contributed by atoms with Gasteiger partial charge in [-0.2, -0.15) is 0 Å². The average molecular weight is 390 g/mol. The summed E-state index contributed by atoms with van der Waals surface area (Å²) in [5.41, 5.74) is 1.63. The van der Waals surface area contributed by atoms with E-state index in [0.717, 1.165) is 18.4 Å². The molecule has 0 bridgehead atoms. The zero-order valence-electron chi connectivity index (χ0n) is 17.7. The molecule has 0 radical (unpaired) electrons. The highest BCUT2D eigenvalue weighted by Gasteiger charge is 2.26. The van der Waals surface area contributed by atoms with Crippen molar-refractivity contribution in [3.63, 3.8) is 0 Å². The van der Waals surface area contributed by atoms with E-state index in [1.165, 1.54) is 12.8 Å². The highest BCUT2D eigenvalue weighted by molar-refractivity contribution is 5.94. The first-order valence-corrected chi connectivity index (χ1v) is 10.5. The molecule has 3 atom stereocenters. The second kappa shape index (κ2) is 11.1. The standard InChI is InChI=1S/C22H35N3O3/c1-5-6-7-8-16(2)24-22(27)23-13-19-9-11-20(12-10-19)21(26)25-14-17(3)28-18(4)15-25/h9-12,16-18H,5-8,13-15H2,1-4H3,(H2,23,24,27). The maximum Gasteiger partial charge on any atom is 0.315 e. The Hall–Kier alpha value is -2.08. The van der Waals surface area contributed by atoms with Crippen LogP contribution >= 0.6 is 0 Å². The van der Waals surface area contributed by atoms with Crippen molar-refractivity contribution in [2.45, 2.75) is 78.2 Å². The second-order valence-electron chi connectivity index (χ2n) is 7.89. The van der Waals surface area contributed by atoms with Crippen molar-refractivity contribution in [3.05, 3.63) is 35.4 Å². The van der Waals surface area contributed by atoms with Crippen LogP contribution in [0.3, 0.4) is 0 Å². The van der Waals surface area contributed by atoms with E-state index in [4.69, 9.17) is 4.74 Å². The first-order valence-electron chi connectivity index (χ1n) is 10.5. The van der Waals surface area contributed by atoms with Gasteiger partial charge in [0.1, 0.15) is 0 Å². The Morgan fingerprint density at radius 1 is 1.14 bits per heavy atom. The zero-order chi connectivity index (χ0) is 20.5. The Bertz CT molecular complexity index is 622. The predicted molar refractivity (Wildman–Crippen MR) is 111 cm³/mol. The summed E-state index contributed by atoms with van der Waals surface area (Å²) in [4.78, 5) is 26.5. The maximum atomic E-state index is 12.7. The highest BCUT2D eigenvalue weighted by atomic mass is 16.5. The average Bonchev–Trinajstić information content (AvgIpc) is 2.65. The van der Waals surface area contributed by atoms with Gasteiger partial charge in [-0.05, 0) is 44.9 Å². The summed E-state index contributed by atoms with van der Waals surface area (Å²) >= 11 is 0. The first-order chi connectivity index (χ1) is 13.4. The van der Waals surface area contributed by atoms with E-state index >= 15 is 0 Å². The van der Waals surface area contributed by atoms with Gasteiger partial charge in [-0.25, -0.2) is 4.79 Å². The minimum atomic E-state index is -0.152. The van der Waals surface area contributed by atoms with Gasteiger partial charge in [-0.15, -0.1) is 0 Å². The first kappa shape index (κ1) is 22.2. The lowest BCUT2D eigenvalue weighted by molar-refractivity contribution is -0.0586. The number of urea groups is 1. The molecule has 0 aromatic heterocycles. The summed E-state index contributed by atoms with van der Waals surface area (Å²) < 4.78 is 5.69. The van der Waals surface area contributed by atoms with Gasteiger partial charge >= 0.3 is 6.03 Å². The lowest BCUT2D eigenvalue weighted by Gasteiger charge is -2.35. The minimum absolute atomic E-state index is 0.0279. The van der Waals surface area contributed by atoms with Crippen molar-refractivity contribution < 1.29 is 14.3 Å². The highest BCUT2D eigenvalue weighted by Crippen LogP contribution is 2.15. The van der Waals surface area contributed by atoms with Gasteiger partial charge in [0, 0.05) is 31.2 Å². The molecule has 1 aliphatic rings. The molecule has 156 valence electrons. The van der Waals surface area contributed by atoms with Gasteiger partial charge < -0.3 is 20.3 Å². The van der Waals surface area contributed by atoms with Gasteiger partial charge in [-0.3, -0.25) is 4.79 Å². The van der Waals surface area contributed by atoms with Crippen LogP contribution in [0.1, 0.15) is 69.3 Å². The SMILES string of the molecule is CCCCCC(C)NC(=O)NCc1ccc(C(=O)N2CC(C)OC(C)C2)cc1. The molecular weight excluding hydrogens is 354 g/mol. The fourth-order valence-electron chi connectivity index (χ4n) is 3.52. The smallest absolute Gasteiger partial charge is 0.315 e. The lowest BCUT2D eigenvalue weighted by Crippen LogP contribution is -2.48. The number of carbonyl (C=O) groups is 2. The molecule has 3 amide bonds. The van der Waals surface area contributed by atoms with E-state index in [-0.39, 0.29) is 30.2 Å². The summed E-state index contributed by atoms with van der Waals surface area (Å²) in [5, 5.41) is 5.85. The number of nitrogens with zero attached hydrogens (tertiary/aromatic N) is 1. The Kier molecular flexibility index (Phi) is 8.77. The fraction of sp³-hybridized carbons (Fsp3) is 0.636. The molecule has 0 saturated carbocycles. The van der Waals surface area contributed by atoms with Gasteiger partial charge in [0.25, 0.3) is 5.91 Å². The number of morpholine rings is 1. The van der Waals surface area contributed by atoms with Crippen molar-refractivity contribution in [1.29, 1.82) is 0 Å². The summed E-state index contributed by atoms with van der Waals surface area (Å²) in [7, 11) is 0. The van der Waals surface area contributed by atoms with E-state index in [1.54, 1.807) is 0 Å². The maximum absolute atomic E-state index is 12.7. The monoisotopic (exact) mass is 389 g/mol. The quantitative estimate of drug-likeness (QED) is 0.666. The topological polar surface area (TPSA) is 70.7 Å². The second-order valence-corrected chi connectivity index (χ2v) is 7.89. The molecule has 1 heterocycles. The number of amides is 3. The van der Waals surface area contributed by atoms with Gasteiger partial charge in [-0.1, -0.05) is 38.3 Å². The Labute approximate surface area is 169 Å². The van der Waals surface area contributed by atoms with Crippen LogP contribution in [0.2, 0.25) is 0 Å². The molecule has 1 aliphatic heterocycles. The van der Waals surface area contributed by atoms with Crippen molar-refractivity contribution in [2.24, 2.45) is 0 Å². The molecule has 1 saturated heterocycles. The van der Waals surface area contributed by atoms with Crippen LogP contribution in [0.15, 0.2) is 24.3 Å². The van der Waals surface area contributed by atoms with Crippen LogP contribution in [0.25, 0.3) is 0 Å².